The van der Waals surface area contributed by atoms with Crippen molar-refractivity contribution in [1.29, 1.82) is 0 Å². The molecule has 2 heterocycles. The van der Waals surface area contributed by atoms with Crippen LogP contribution < -0.4 is 10.2 Å². The van der Waals surface area contributed by atoms with E-state index < -0.39 is 16.7 Å². The number of nitrogens with one attached hydrogen (secondary N) is 1. The fourth-order valence-corrected chi connectivity index (χ4v) is 5.53. The summed E-state index contributed by atoms with van der Waals surface area (Å²) in [5.41, 5.74) is 4.83. The largest absolute Gasteiger partial charge is 0.309 e. The molecule has 1 aromatic heterocycles. The molecule has 0 bridgehead atoms. The number of carbonyl (C=O) groups excluding carboxylic acids is 2. The smallest absolute Gasteiger partial charge is 0.270 e. The molecule has 1 N–H and O–H groups in total. The van der Waals surface area contributed by atoms with E-state index in [1.807, 2.05) is 71.3 Å². The molecule has 10 heteroatoms. The van der Waals surface area contributed by atoms with Crippen LogP contribution in [0.25, 0.3) is 34.3 Å². The average molecular weight is 650 g/mol. The third kappa shape index (κ3) is 5.41. The second kappa shape index (κ2) is 11.6. The van der Waals surface area contributed by atoms with Gasteiger partial charge in [0.05, 0.1) is 22.0 Å². The predicted octanol–water partition coefficient (Wildman–Crippen LogP) is 7.31. The lowest BCUT2D eigenvalue weighted by Crippen LogP contribution is -2.54. The lowest BCUT2D eigenvalue weighted by Gasteiger charge is -2.29. The molecule has 210 valence electrons. The van der Waals surface area contributed by atoms with Gasteiger partial charge in [-0.05, 0) is 71.9 Å². The zero-order chi connectivity index (χ0) is 30.1. The molecule has 0 saturated carbocycles. The molecule has 2 amide bonds. The lowest BCUT2D eigenvalue weighted by atomic mass is 10.0. The van der Waals surface area contributed by atoms with Gasteiger partial charge in [-0.1, -0.05) is 76.6 Å². The van der Waals surface area contributed by atoms with Gasteiger partial charge in [-0.2, -0.15) is 0 Å². The SMILES string of the molecule is O=C1NC(=S)N(c2ccc(Br)cc2)C(=O)/C1=C/c1cc(-c2ccccc2)n(-c2ccc([N+](=O)[O-])cc2)c1-c1ccccc1. The number of nitro benzene ring substituents is 1. The summed E-state index contributed by atoms with van der Waals surface area (Å²) in [6.07, 6.45) is 1.57. The molecule has 0 spiro atoms. The van der Waals surface area contributed by atoms with Gasteiger partial charge in [0.15, 0.2) is 5.11 Å². The minimum Gasteiger partial charge on any atom is -0.309 e. The molecule has 0 unspecified atom stereocenters. The Bertz CT molecular complexity index is 1920. The number of hydrogen-bond donors (Lipinski definition) is 1. The summed E-state index contributed by atoms with van der Waals surface area (Å²) < 4.78 is 2.81. The van der Waals surface area contributed by atoms with Gasteiger partial charge >= 0.3 is 0 Å². The Morgan fingerprint density at radius 1 is 0.791 bits per heavy atom. The number of thiocarbonyl (C=S) groups is 1. The van der Waals surface area contributed by atoms with Gasteiger partial charge < -0.3 is 4.57 Å². The van der Waals surface area contributed by atoms with Crippen LogP contribution in [-0.4, -0.2) is 26.4 Å². The van der Waals surface area contributed by atoms with Gasteiger partial charge in [0, 0.05) is 27.9 Å². The van der Waals surface area contributed by atoms with Gasteiger partial charge in [-0.25, -0.2) is 0 Å². The molecule has 1 fully saturated rings. The van der Waals surface area contributed by atoms with E-state index in [0.717, 1.165) is 21.3 Å². The molecule has 1 aliphatic heterocycles. The predicted molar refractivity (Wildman–Crippen MR) is 174 cm³/mol. The van der Waals surface area contributed by atoms with Crippen LogP contribution in [-0.2, 0) is 9.59 Å². The molecule has 4 aromatic carbocycles. The van der Waals surface area contributed by atoms with E-state index in [1.165, 1.54) is 17.0 Å². The van der Waals surface area contributed by atoms with Crippen LogP contribution >= 0.6 is 28.1 Å². The van der Waals surface area contributed by atoms with E-state index in [9.17, 15) is 19.7 Å². The third-order valence-electron chi connectivity index (χ3n) is 6.95. The second-order valence-corrected chi connectivity index (χ2v) is 10.9. The van der Waals surface area contributed by atoms with Crippen LogP contribution in [0.5, 0.6) is 0 Å². The van der Waals surface area contributed by atoms with Crippen LogP contribution in [0, 0.1) is 10.1 Å². The van der Waals surface area contributed by atoms with E-state index in [4.69, 9.17) is 12.2 Å². The fraction of sp³-hybridized carbons (Fsp3) is 0. The molecule has 1 saturated heterocycles. The molecule has 0 atom stereocenters. The average Bonchev–Trinajstić information content (AvgIpc) is 3.40. The number of nitro groups is 1. The van der Waals surface area contributed by atoms with Crippen molar-refractivity contribution in [1.82, 2.24) is 9.88 Å². The minimum absolute atomic E-state index is 0.00817. The van der Waals surface area contributed by atoms with Crippen molar-refractivity contribution < 1.29 is 14.5 Å². The van der Waals surface area contributed by atoms with Crippen molar-refractivity contribution in [2.24, 2.45) is 0 Å². The lowest BCUT2D eigenvalue weighted by molar-refractivity contribution is -0.384. The maximum atomic E-state index is 13.8. The van der Waals surface area contributed by atoms with E-state index >= 15 is 0 Å². The summed E-state index contributed by atoms with van der Waals surface area (Å²) >= 11 is 8.78. The Balaban J connectivity index is 1.59. The molecule has 6 rings (SSSR count). The highest BCUT2D eigenvalue weighted by molar-refractivity contribution is 9.10. The first-order chi connectivity index (χ1) is 20.8. The summed E-state index contributed by atoms with van der Waals surface area (Å²) in [5, 5.41) is 14.0. The zero-order valence-corrected chi connectivity index (χ0v) is 24.7. The monoisotopic (exact) mass is 648 g/mol. The van der Waals surface area contributed by atoms with Crippen molar-refractivity contribution in [2.45, 2.75) is 0 Å². The number of rotatable bonds is 6. The molecular formula is C33H21BrN4O4S. The van der Waals surface area contributed by atoms with Crippen molar-refractivity contribution in [3.63, 3.8) is 0 Å². The Labute approximate surface area is 260 Å². The Morgan fingerprint density at radius 3 is 1.98 bits per heavy atom. The van der Waals surface area contributed by atoms with Crippen LogP contribution in [0.4, 0.5) is 11.4 Å². The Morgan fingerprint density at radius 2 is 1.37 bits per heavy atom. The molecule has 8 nitrogen and oxygen atoms in total. The topological polar surface area (TPSA) is 97.5 Å². The number of halogens is 1. The molecule has 1 aliphatic rings. The summed E-state index contributed by atoms with van der Waals surface area (Å²) in [4.78, 5) is 39.3. The number of anilines is 1. The maximum Gasteiger partial charge on any atom is 0.270 e. The highest BCUT2D eigenvalue weighted by atomic mass is 79.9. The summed E-state index contributed by atoms with van der Waals surface area (Å²) in [5.74, 6) is -1.16. The van der Waals surface area contributed by atoms with Crippen molar-refractivity contribution in [3.8, 4) is 28.2 Å². The quantitative estimate of drug-likeness (QED) is 0.0684. The maximum absolute atomic E-state index is 13.8. The van der Waals surface area contributed by atoms with Gasteiger partial charge in [-0.15, -0.1) is 0 Å². The first kappa shape index (κ1) is 28.0. The number of aromatic nitrogens is 1. The van der Waals surface area contributed by atoms with Gasteiger partial charge in [0.2, 0.25) is 0 Å². The number of hydrogen-bond acceptors (Lipinski definition) is 5. The highest BCUT2D eigenvalue weighted by Crippen LogP contribution is 2.38. The fourth-order valence-electron chi connectivity index (χ4n) is 4.98. The molecule has 0 radical (unpaired) electrons. The first-order valence-corrected chi connectivity index (χ1v) is 14.3. The van der Waals surface area contributed by atoms with Crippen molar-refractivity contribution in [3.05, 3.63) is 141 Å². The summed E-state index contributed by atoms with van der Waals surface area (Å²) in [6, 6.07) is 34.4. The minimum atomic E-state index is -0.605. The third-order valence-corrected chi connectivity index (χ3v) is 7.77. The number of amides is 2. The molecule has 43 heavy (non-hydrogen) atoms. The van der Waals surface area contributed by atoms with E-state index in [-0.39, 0.29) is 16.4 Å². The molecule has 5 aromatic rings. The van der Waals surface area contributed by atoms with E-state index in [1.54, 1.807) is 42.5 Å². The number of benzene rings is 4. The molecular weight excluding hydrogens is 628 g/mol. The summed E-state index contributed by atoms with van der Waals surface area (Å²) in [7, 11) is 0. The van der Waals surface area contributed by atoms with Crippen molar-refractivity contribution in [2.75, 3.05) is 4.90 Å². The normalized spacial score (nSPS) is 14.2. The zero-order valence-electron chi connectivity index (χ0n) is 22.3. The van der Waals surface area contributed by atoms with Gasteiger partial charge in [-0.3, -0.25) is 29.9 Å². The first-order valence-electron chi connectivity index (χ1n) is 13.1. The van der Waals surface area contributed by atoms with E-state index in [2.05, 4.69) is 21.2 Å². The van der Waals surface area contributed by atoms with Gasteiger partial charge in [0.25, 0.3) is 17.5 Å². The molecule has 0 aliphatic carbocycles. The number of non-ortho nitro benzene ring substituents is 1. The van der Waals surface area contributed by atoms with Crippen LogP contribution in [0.3, 0.4) is 0 Å². The highest BCUT2D eigenvalue weighted by Gasteiger charge is 2.35. The standard InChI is InChI=1S/C33H21BrN4O4S/c34-24-11-13-26(14-12-24)37-32(40)28(31(39)35-33(37)43)19-23-20-29(21-7-3-1-4-8-21)36(30(23)22-9-5-2-6-10-22)25-15-17-27(18-16-25)38(41)42/h1-20H,(H,35,39,43)/b28-19+. The van der Waals surface area contributed by atoms with Crippen LogP contribution in [0.1, 0.15) is 5.56 Å². The van der Waals surface area contributed by atoms with Crippen molar-refractivity contribution >= 4 is 62.5 Å². The van der Waals surface area contributed by atoms with Crippen LogP contribution in [0.15, 0.2) is 125 Å². The van der Waals surface area contributed by atoms with Gasteiger partial charge in [0.1, 0.15) is 5.57 Å². The Hall–Kier alpha value is -5.19. The number of carbonyl (C=O) groups is 2. The summed E-state index contributed by atoms with van der Waals surface area (Å²) in [6.45, 7) is 0. The Kier molecular flexibility index (Phi) is 7.54. The number of nitrogens with zero attached hydrogens (tertiary/aromatic N) is 3. The van der Waals surface area contributed by atoms with E-state index in [0.29, 0.717) is 22.6 Å². The second-order valence-electron chi connectivity index (χ2n) is 9.61. The van der Waals surface area contributed by atoms with Crippen LogP contribution in [0.2, 0.25) is 0 Å².